The van der Waals surface area contributed by atoms with Crippen molar-refractivity contribution in [2.45, 2.75) is 32.7 Å². The van der Waals surface area contributed by atoms with Crippen LogP contribution in [0.4, 0.5) is 5.13 Å². The van der Waals surface area contributed by atoms with E-state index in [1.165, 1.54) is 24.1 Å². The molecule has 17 heavy (non-hydrogen) atoms. The van der Waals surface area contributed by atoms with Gasteiger partial charge in [-0.05, 0) is 26.7 Å². The smallest absolute Gasteiger partial charge is 0.183 e. The Hall–Kier alpha value is -1.36. The highest BCUT2D eigenvalue weighted by Gasteiger charge is 2.22. The topological polar surface area (TPSA) is 42.7 Å². The van der Waals surface area contributed by atoms with Gasteiger partial charge in [0.15, 0.2) is 5.13 Å². The van der Waals surface area contributed by atoms with Gasteiger partial charge in [0.2, 0.25) is 0 Å². The van der Waals surface area contributed by atoms with Gasteiger partial charge in [-0.25, -0.2) is 4.98 Å². The highest BCUT2D eigenvalue weighted by Crippen LogP contribution is 2.32. The van der Waals surface area contributed by atoms with Crippen LogP contribution >= 0.6 is 11.3 Å². The number of hydrogen-bond acceptors (Lipinski definition) is 4. The summed E-state index contributed by atoms with van der Waals surface area (Å²) in [4.78, 5) is 4.65. The molecule has 5 heteroatoms. The summed E-state index contributed by atoms with van der Waals surface area (Å²) in [5.74, 6) is 0. The van der Waals surface area contributed by atoms with Crippen LogP contribution in [-0.2, 0) is 7.05 Å². The SMILES string of the molecule is Cc1nn(C)c(C)c1-c1csc(NC2CC2)n1. The fourth-order valence-corrected chi connectivity index (χ4v) is 2.78. The van der Waals surface area contributed by atoms with Gasteiger partial charge in [-0.3, -0.25) is 4.68 Å². The maximum atomic E-state index is 4.65. The zero-order chi connectivity index (χ0) is 12.0. The van der Waals surface area contributed by atoms with Crippen LogP contribution in [0.25, 0.3) is 11.3 Å². The molecule has 0 saturated heterocycles. The summed E-state index contributed by atoms with van der Waals surface area (Å²) in [5.41, 5.74) is 4.44. The highest BCUT2D eigenvalue weighted by atomic mass is 32.1. The zero-order valence-electron chi connectivity index (χ0n) is 10.3. The van der Waals surface area contributed by atoms with Crippen LogP contribution in [-0.4, -0.2) is 20.8 Å². The maximum absolute atomic E-state index is 4.65. The quantitative estimate of drug-likeness (QED) is 0.908. The largest absolute Gasteiger partial charge is 0.359 e. The van der Waals surface area contributed by atoms with E-state index in [1.54, 1.807) is 11.3 Å². The van der Waals surface area contributed by atoms with Crippen molar-refractivity contribution in [3.63, 3.8) is 0 Å². The second-order valence-corrected chi connectivity index (χ2v) is 5.48. The van der Waals surface area contributed by atoms with Crippen LogP contribution < -0.4 is 5.32 Å². The van der Waals surface area contributed by atoms with Gasteiger partial charge < -0.3 is 5.32 Å². The summed E-state index contributed by atoms with van der Waals surface area (Å²) in [6, 6.07) is 0.657. The van der Waals surface area contributed by atoms with Crippen LogP contribution in [0.15, 0.2) is 5.38 Å². The highest BCUT2D eigenvalue weighted by molar-refractivity contribution is 7.14. The maximum Gasteiger partial charge on any atom is 0.183 e. The summed E-state index contributed by atoms with van der Waals surface area (Å²) in [6.07, 6.45) is 2.56. The molecule has 2 aromatic heterocycles. The molecule has 4 nitrogen and oxygen atoms in total. The van der Waals surface area contributed by atoms with Gasteiger partial charge in [0.05, 0.1) is 11.4 Å². The number of aryl methyl sites for hydroxylation is 2. The van der Waals surface area contributed by atoms with Crippen LogP contribution in [0, 0.1) is 13.8 Å². The number of rotatable bonds is 3. The second kappa shape index (κ2) is 3.84. The Kier molecular flexibility index (Phi) is 2.43. The Bertz CT molecular complexity index is 551. The summed E-state index contributed by atoms with van der Waals surface area (Å²) < 4.78 is 1.91. The Balaban J connectivity index is 1.94. The first kappa shape index (κ1) is 10.8. The van der Waals surface area contributed by atoms with Crippen molar-refractivity contribution in [1.29, 1.82) is 0 Å². The molecule has 0 radical (unpaired) electrons. The normalized spacial score (nSPS) is 15.2. The second-order valence-electron chi connectivity index (χ2n) is 4.63. The lowest BCUT2D eigenvalue weighted by Gasteiger charge is -1.98. The molecule has 3 rings (SSSR count). The van der Waals surface area contributed by atoms with E-state index in [0.717, 1.165) is 16.5 Å². The van der Waals surface area contributed by atoms with E-state index in [1.807, 2.05) is 18.7 Å². The van der Waals surface area contributed by atoms with E-state index in [4.69, 9.17) is 0 Å². The number of aromatic nitrogens is 3. The summed E-state index contributed by atoms with van der Waals surface area (Å²) >= 11 is 1.68. The van der Waals surface area contributed by atoms with Gasteiger partial charge in [0.1, 0.15) is 0 Å². The van der Waals surface area contributed by atoms with Gasteiger partial charge >= 0.3 is 0 Å². The summed E-state index contributed by atoms with van der Waals surface area (Å²) in [7, 11) is 1.97. The monoisotopic (exact) mass is 248 g/mol. The molecule has 0 aliphatic heterocycles. The lowest BCUT2D eigenvalue weighted by Crippen LogP contribution is -1.99. The molecule has 2 aromatic rings. The number of nitrogens with one attached hydrogen (secondary N) is 1. The average molecular weight is 248 g/mol. The van der Waals surface area contributed by atoms with Gasteiger partial charge in [-0.1, -0.05) is 0 Å². The van der Waals surface area contributed by atoms with Gasteiger partial charge in [-0.2, -0.15) is 5.10 Å². The molecule has 0 spiro atoms. The molecule has 0 aromatic carbocycles. The molecule has 2 heterocycles. The fraction of sp³-hybridized carbons (Fsp3) is 0.500. The first-order valence-electron chi connectivity index (χ1n) is 5.88. The van der Waals surface area contributed by atoms with Crippen LogP contribution in [0.1, 0.15) is 24.2 Å². The Labute approximate surface area is 105 Å². The third kappa shape index (κ3) is 1.95. The minimum absolute atomic E-state index is 0.657. The Morgan fingerprint density at radius 2 is 2.18 bits per heavy atom. The van der Waals surface area contributed by atoms with E-state index in [2.05, 4.69) is 27.7 Å². The lowest BCUT2D eigenvalue weighted by molar-refractivity contribution is 0.731. The Morgan fingerprint density at radius 1 is 1.41 bits per heavy atom. The molecule has 1 aliphatic carbocycles. The molecule has 0 bridgehead atoms. The van der Waals surface area contributed by atoms with Gasteiger partial charge in [0, 0.05) is 29.7 Å². The number of hydrogen-bond donors (Lipinski definition) is 1. The molecule has 1 aliphatic rings. The van der Waals surface area contributed by atoms with Gasteiger partial charge in [0.25, 0.3) is 0 Å². The van der Waals surface area contributed by atoms with Crippen molar-refractivity contribution in [2.24, 2.45) is 7.05 Å². The third-order valence-electron chi connectivity index (χ3n) is 3.17. The molecule has 0 atom stereocenters. The third-order valence-corrected chi connectivity index (χ3v) is 3.95. The molecule has 0 amide bonds. The first-order valence-corrected chi connectivity index (χ1v) is 6.75. The lowest BCUT2D eigenvalue weighted by atomic mass is 10.1. The van der Waals surface area contributed by atoms with E-state index in [0.29, 0.717) is 6.04 Å². The predicted molar refractivity (Wildman–Crippen MR) is 70.4 cm³/mol. The standard InChI is InChI=1S/C12H16N4S/c1-7-11(8(2)16(3)15-7)10-6-17-12(14-10)13-9-4-5-9/h6,9H,4-5H2,1-3H3,(H,13,14). The van der Waals surface area contributed by atoms with Gasteiger partial charge in [-0.15, -0.1) is 11.3 Å². The van der Waals surface area contributed by atoms with Crippen LogP contribution in [0.3, 0.4) is 0 Å². The number of thiazole rings is 1. The van der Waals surface area contributed by atoms with Crippen molar-refractivity contribution in [3.8, 4) is 11.3 Å². The minimum Gasteiger partial charge on any atom is -0.359 e. The first-order chi connectivity index (χ1) is 8.15. The fourth-order valence-electron chi connectivity index (χ4n) is 2.00. The van der Waals surface area contributed by atoms with E-state index in [9.17, 15) is 0 Å². The van der Waals surface area contributed by atoms with Crippen molar-refractivity contribution in [3.05, 3.63) is 16.8 Å². The van der Waals surface area contributed by atoms with E-state index >= 15 is 0 Å². The van der Waals surface area contributed by atoms with Crippen molar-refractivity contribution in [1.82, 2.24) is 14.8 Å². The number of nitrogens with zero attached hydrogens (tertiary/aromatic N) is 3. The van der Waals surface area contributed by atoms with Crippen molar-refractivity contribution >= 4 is 16.5 Å². The van der Waals surface area contributed by atoms with Crippen LogP contribution in [0.5, 0.6) is 0 Å². The van der Waals surface area contributed by atoms with E-state index < -0.39 is 0 Å². The summed E-state index contributed by atoms with van der Waals surface area (Å²) in [5, 5.41) is 11.0. The molecular formula is C12H16N4S. The molecule has 0 unspecified atom stereocenters. The predicted octanol–water partition coefficient (Wildman–Crippen LogP) is 2.73. The van der Waals surface area contributed by atoms with E-state index in [-0.39, 0.29) is 0 Å². The number of anilines is 1. The molecule has 1 saturated carbocycles. The molecule has 1 fully saturated rings. The molecule has 1 N–H and O–H groups in total. The Morgan fingerprint density at radius 3 is 2.76 bits per heavy atom. The average Bonchev–Trinajstić information content (AvgIpc) is 2.90. The van der Waals surface area contributed by atoms with Crippen molar-refractivity contribution < 1.29 is 0 Å². The minimum atomic E-state index is 0.657. The molecular weight excluding hydrogens is 232 g/mol. The van der Waals surface area contributed by atoms with Crippen LogP contribution in [0.2, 0.25) is 0 Å². The van der Waals surface area contributed by atoms with Crippen molar-refractivity contribution in [2.75, 3.05) is 5.32 Å². The summed E-state index contributed by atoms with van der Waals surface area (Å²) in [6.45, 7) is 4.12. The molecule has 90 valence electrons. The zero-order valence-corrected chi connectivity index (χ0v) is 11.1.